The number of ether oxygens (including phenoxy) is 4. The summed E-state index contributed by atoms with van der Waals surface area (Å²) in [6.45, 7) is 5.53. The molecule has 3 rings (SSSR count). The highest BCUT2D eigenvalue weighted by Crippen LogP contribution is 2.31. The second-order valence-electron chi connectivity index (χ2n) is 9.29. The number of hydrogen-bond acceptors (Lipinski definition) is 8. The number of carbonyl (C=O) groups excluding carboxylic acids is 1. The Labute approximate surface area is 190 Å². The summed E-state index contributed by atoms with van der Waals surface area (Å²) in [4.78, 5) is 18.9. The Morgan fingerprint density at radius 2 is 1.94 bits per heavy atom. The fraction of sp³-hybridized carbons (Fsp3) is 0.619. The predicted octanol–water partition coefficient (Wildman–Crippen LogP) is 3.58. The number of carbonyl (C=O) groups is 1. The van der Waals surface area contributed by atoms with E-state index in [0.717, 1.165) is 0 Å². The zero-order valence-corrected chi connectivity index (χ0v) is 19.9. The van der Waals surface area contributed by atoms with Crippen LogP contribution in [0.15, 0.2) is 23.4 Å². The summed E-state index contributed by atoms with van der Waals surface area (Å²) in [5.74, 6) is -2.11. The summed E-state index contributed by atoms with van der Waals surface area (Å²) >= 11 is 0. The van der Waals surface area contributed by atoms with Crippen LogP contribution < -0.4 is 4.74 Å². The first-order valence-electron chi connectivity index (χ1n) is 10.4. The molecule has 184 valence electrons. The van der Waals surface area contributed by atoms with Crippen molar-refractivity contribution in [1.82, 2.24) is 9.97 Å². The maximum Gasteiger partial charge on any atom is 0.387 e. The third kappa shape index (κ3) is 7.08. The zero-order valence-electron chi connectivity index (χ0n) is 19.1. The third-order valence-corrected chi connectivity index (χ3v) is 6.19. The number of fused-ring (bicyclic) bond motifs is 1. The van der Waals surface area contributed by atoms with Crippen LogP contribution in [0.3, 0.4) is 0 Å². The molecule has 1 fully saturated rings. The summed E-state index contributed by atoms with van der Waals surface area (Å²) in [5, 5.41) is -0.316. The number of benzene rings is 1. The van der Waals surface area contributed by atoms with Crippen LogP contribution in [-0.2, 0) is 28.8 Å². The van der Waals surface area contributed by atoms with Crippen LogP contribution in [0.2, 0.25) is 0 Å². The molecule has 2 aromatic rings. The van der Waals surface area contributed by atoms with Gasteiger partial charge in [-0.2, -0.15) is 8.78 Å². The lowest BCUT2D eigenvalue weighted by atomic mass is 10.1. The van der Waals surface area contributed by atoms with Gasteiger partial charge in [0.1, 0.15) is 11.4 Å². The molecule has 0 aliphatic carbocycles. The normalized spacial score (nSPS) is 21.3. The zero-order chi connectivity index (χ0) is 24.6. The van der Waals surface area contributed by atoms with Crippen LogP contribution in [0.4, 0.5) is 8.78 Å². The first kappa shape index (κ1) is 25.3. The topological polar surface area (TPSA) is 117 Å². The molecular weight excluding hydrogens is 462 g/mol. The van der Waals surface area contributed by atoms with Gasteiger partial charge in [-0.15, -0.1) is 0 Å². The number of halogens is 2. The highest BCUT2D eigenvalue weighted by Gasteiger charge is 2.39. The van der Waals surface area contributed by atoms with E-state index in [-0.39, 0.29) is 29.3 Å². The Balaban J connectivity index is 1.74. The molecule has 1 aromatic carbocycles. The minimum absolute atomic E-state index is 0.0435. The van der Waals surface area contributed by atoms with Gasteiger partial charge >= 0.3 is 12.6 Å². The predicted molar refractivity (Wildman–Crippen MR) is 114 cm³/mol. The summed E-state index contributed by atoms with van der Waals surface area (Å²) in [6, 6.07) is 3.92. The van der Waals surface area contributed by atoms with Crippen molar-refractivity contribution in [3.63, 3.8) is 0 Å². The number of esters is 1. The van der Waals surface area contributed by atoms with Crippen LogP contribution in [0.5, 0.6) is 5.75 Å². The van der Waals surface area contributed by atoms with Crippen molar-refractivity contribution >= 4 is 26.8 Å². The van der Waals surface area contributed by atoms with Gasteiger partial charge in [-0.3, -0.25) is 4.79 Å². The number of hydrogen-bond donors (Lipinski definition) is 1. The number of rotatable bonds is 7. The van der Waals surface area contributed by atoms with Crippen LogP contribution in [-0.4, -0.2) is 60.3 Å². The Morgan fingerprint density at radius 1 is 1.27 bits per heavy atom. The first-order chi connectivity index (χ1) is 15.1. The SMILES string of the molecule is CC(C)(C)OC(=O)CC1CC(CS(=O)(=O)c2nc3cc(OC(F)F)ccc3[nH]2)OC(C)(C)O1. The lowest BCUT2D eigenvalue weighted by molar-refractivity contribution is -0.295. The van der Waals surface area contributed by atoms with E-state index in [2.05, 4.69) is 14.7 Å². The summed E-state index contributed by atoms with van der Waals surface area (Å²) in [7, 11) is -3.94. The van der Waals surface area contributed by atoms with E-state index in [1.807, 2.05) is 0 Å². The van der Waals surface area contributed by atoms with Gasteiger partial charge in [0.15, 0.2) is 5.79 Å². The molecule has 2 unspecified atom stereocenters. The van der Waals surface area contributed by atoms with Crippen molar-refractivity contribution in [3.05, 3.63) is 18.2 Å². The second kappa shape index (κ2) is 9.15. The Morgan fingerprint density at radius 3 is 2.58 bits per heavy atom. The molecule has 2 heterocycles. The average molecular weight is 491 g/mol. The van der Waals surface area contributed by atoms with Gasteiger partial charge in [-0.1, -0.05) is 0 Å². The molecule has 0 amide bonds. The molecule has 0 radical (unpaired) electrons. The van der Waals surface area contributed by atoms with Crippen LogP contribution in [0, 0.1) is 0 Å². The molecule has 1 aliphatic heterocycles. The second-order valence-corrected chi connectivity index (χ2v) is 11.2. The lowest BCUT2D eigenvalue weighted by Gasteiger charge is -2.40. The van der Waals surface area contributed by atoms with E-state index in [1.165, 1.54) is 18.2 Å². The van der Waals surface area contributed by atoms with Crippen molar-refractivity contribution in [3.8, 4) is 5.75 Å². The molecular formula is C21H28F2N2O7S. The smallest absolute Gasteiger partial charge is 0.387 e. The summed E-state index contributed by atoms with van der Waals surface area (Å²) < 4.78 is 72.1. The Kier molecular flexibility index (Phi) is 7.02. The molecule has 0 bridgehead atoms. The number of H-pyrrole nitrogens is 1. The number of alkyl halides is 2. The fourth-order valence-corrected chi connectivity index (χ4v) is 4.98. The number of nitrogens with zero attached hydrogens (tertiary/aromatic N) is 1. The number of nitrogens with one attached hydrogen (secondary N) is 1. The molecule has 1 saturated heterocycles. The molecule has 33 heavy (non-hydrogen) atoms. The molecule has 0 saturated carbocycles. The molecule has 9 nitrogen and oxygen atoms in total. The van der Waals surface area contributed by atoms with E-state index in [0.29, 0.717) is 5.52 Å². The molecule has 1 aliphatic rings. The van der Waals surface area contributed by atoms with Crippen LogP contribution in [0.1, 0.15) is 47.5 Å². The number of aromatic nitrogens is 2. The average Bonchev–Trinajstić information content (AvgIpc) is 3.01. The maximum atomic E-state index is 13.0. The maximum absolute atomic E-state index is 13.0. The molecule has 1 N–H and O–H groups in total. The van der Waals surface area contributed by atoms with Crippen molar-refractivity contribution < 1.29 is 40.9 Å². The van der Waals surface area contributed by atoms with Gasteiger partial charge in [-0.05, 0) is 46.8 Å². The van der Waals surface area contributed by atoms with Crippen LogP contribution in [0.25, 0.3) is 11.0 Å². The number of sulfone groups is 1. The molecule has 12 heteroatoms. The van der Waals surface area contributed by atoms with E-state index in [4.69, 9.17) is 14.2 Å². The van der Waals surface area contributed by atoms with Crippen molar-refractivity contribution in [2.45, 2.75) is 82.8 Å². The largest absolute Gasteiger partial charge is 0.460 e. The molecule has 0 spiro atoms. The third-order valence-electron chi connectivity index (χ3n) is 4.60. The standard InChI is InChI=1S/C21H28F2N2O7S/c1-20(2,3)32-17(26)10-13-8-14(31-21(4,5)30-13)11-33(27,28)19-24-15-7-6-12(29-18(22)23)9-16(15)25-19/h6-7,9,13-14,18H,8,10-11H2,1-5H3,(H,24,25). The van der Waals surface area contributed by atoms with Gasteiger partial charge in [0, 0.05) is 12.5 Å². The highest BCUT2D eigenvalue weighted by molar-refractivity contribution is 7.91. The van der Waals surface area contributed by atoms with Crippen LogP contribution >= 0.6 is 0 Å². The summed E-state index contributed by atoms with van der Waals surface area (Å²) in [5.41, 5.74) is -0.129. The van der Waals surface area contributed by atoms with E-state index < -0.39 is 51.8 Å². The van der Waals surface area contributed by atoms with Gasteiger partial charge in [-0.25, -0.2) is 13.4 Å². The Hall–Kier alpha value is -2.31. The van der Waals surface area contributed by atoms with E-state index >= 15 is 0 Å². The first-order valence-corrected chi connectivity index (χ1v) is 12.0. The quantitative estimate of drug-likeness (QED) is 0.586. The van der Waals surface area contributed by atoms with Gasteiger partial charge in [0.2, 0.25) is 15.0 Å². The monoisotopic (exact) mass is 490 g/mol. The highest BCUT2D eigenvalue weighted by atomic mass is 32.2. The van der Waals surface area contributed by atoms with E-state index in [9.17, 15) is 22.0 Å². The van der Waals surface area contributed by atoms with Gasteiger partial charge in [0.25, 0.3) is 0 Å². The Bertz CT molecular complexity index is 1110. The molecule has 2 atom stereocenters. The van der Waals surface area contributed by atoms with Crippen molar-refractivity contribution in [2.24, 2.45) is 0 Å². The van der Waals surface area contributed by atoms with E-state index in [1.54, 1.807) is 34.6 Å². The lowest BCUT2D eigenvalue weighted by Crippen LogP contribution is -2.47. The van der Waals surface area contributed by atoms with Gasteiger partial charge in [0.05, 0.1) is 35.4 Å². The number of imidazole rings is 1. The number of aromatic amines is 1. The minimum Gasteiger partial charge on any atom is -0.460 e. The minimum atomic E-state index is -3.94. The summed E-state index contributed by atoms with van der Waals surface area (Å²) in [6.07, 6.45) is -1.24. The fourth-order valence-electron chi connectivity index (χ4n) is 3.63. The van der Waals surface area contributed by atoms with Gasteiger partial charge < -0.3 is 23.9 Å². The molecule has 1 aromatic heterocycles. The van der Waals surface area contributed by atoms with Crippen molar-refractivity contribution in [2.75, 3.05) is 5.75 Å². The van der Waals surface area contributed by atoms with Crippen molar-refractivity contribution in [1.29, 1.82) is 0 Å².